The summed E-state index contributed by atoms with van der Waals surface area (Å²) in [6, 6.07) is 1.57. The number of hydrogen-bond acceptors (Lipinski definition) is 4. The normalized spacial score (nSPS) is 23.0. The van der Waals surface area contributed by atoms with E-state index in [-0.39, 0.29) is 0 Å². The molecular weight excluding hydrogens is 240 g/mol. The highest BCUT2D eigenvalue weighted by molar-refractivity contribution is 5.98. The van der Waals surface area contributed by atoms with Crippen molar-refractivity contribution in [2.75, 3.05) is 17.6 Å². The van der Waals surface area contributed by atoms with E-state index >= 15 is 0 Å². The van der Waals surface area contributed by atoms with Crippen LogP contribution in [-0.4, -0.2) is 17.4 Å². The minimum Gasteiger partial charge on any atom is -0.397 e. The monoisotopic (exact) mass is 262 g/mol. The van der Waals surface area contributed by atoms with E-state index in [9.17, 15) is 4.79 Å². The molecule has 1 heterocycles. The molecule has 0 aliphatic heterocycles. The molecule has 5 N–H and O–H groups in total. The number of nitrogen functional groups attached to an aromatic ring is 1. The second-order valence-electron chi connectivity index (χ2n) is 5.55. The molecule has 5 heteroatoms. The van der Waals surface area contributed by atoms with Crippen molar-refractivity contribution in [1.29, 1.82) is 0 Å². The van der Waals surface area contributed by atoms with Crippen molar-refractivity contribution in [1.82, 2.24) is 4.98 Å². The smallest absolute Gasteiger partial charge is 0.252 e. The summed E-state index contributed by atoms with van der Waals surface area (Å²) >= 11 is 0. The van der Waals surface area contributed by atoms with Crippen LogP contribution >= 0.6 is 0 Å². The number of carbonyl (C=O) groups excluding carboxylic acids is 1. The van der Waals surface area contributed by atoms with E-state index in [2.05, 4.69) is 17.2 Å². The number of nitrogens with zero attached hydrogens (tertiary/aromatic N) is 1. The molecule has 19 heavy (non-hydrogen) atoms. The van der Waals surface area contributed by atoms with Crippen molar-refractivity contribution in [2.24, 2.45) is 17.6 Å². The topological polar surface area (TPSA) is 94.0 Å². The lowest BCUT2D eigenvalue weighted by molar-refractivity contribution is 0.100. The number of rotatable bonds is 4. The molecule has 1 aromatic heterocycles. The lowest BCUT2D eigenvalue weighted by atomic mass is 9.82. The molecule has 1 aliphatic carbocycles. The highest BCUT2D eigenvalue weighted by Gasteiger charge is 2.19. The van der Waals surface area contributed by atoms with Gasteiger partial charge in [-0.05, 0) is 30.7 Å². The number of aromatic nitrogens is 1. The van der Waals surface area contributed by atoms with E-state index in [1.807, 2.05) is 0 Å². The third-order valence-corrected chi connectivity index (χ3v) is 3.78. The Kier molecular flexibility index (Phi) is 4.24. The third kappa shape index (κ3) is 3.59. The van der Waals surface area contributed by atoms with Crippen LogP contribution in [0.15, 0.2) is 12.3 Å². The standard InChI is InChI=1S/C14H22N4O/c1-9-3-2-4-10(5-9)7-17-14-12(13(16)19)6-11(15)8-18-14/h6,8-10H,2-5,7,15H2,1H3,(H2,16,19)(H,17,18). The van der Waals surface area contributed by atoms with Crippen molar-refractivity contribution in [3.8, 4) is 0 Å². The average molecular weight is 262 g/mol. The molecular formula is C14H22N4O. The maximum absolute atomic E-state index is 11.4. The Balaban J connectivity index is 2.01. The zero-order chi connectivity index (χ0) is 13.8. The molecule has 1 saturated carbocycles. The Morgan fingerprint density at radius 3 is 3.00 bits per heavy atom. The van der Waals surface area contributed by atoms with Crippen LogP contribution in [0.5, 0.6) is 0 Å². The number of hydrogen-bond donors (Lipinski definition) is 3. The molecule has 0 bridgehead atoms. The maximum Gasteiger partial charge on any atom is 0.252 e. The van der Waals surface area contributed by atoms with E-state index in [4.69, 9.17) is 11.5 Å². The molecule has 0 saturated heterocycles. The summed E-state index contributed by atoms with van der Waals surface area (Å²) in [5, 5.41) is 3.24. The minimum atomic E-state index is -0.501. The molecule has 1 amide bonds. The van der Waals surface area contributed by atoms with Gasteiger partial charge < -0.3 is 16.8 Å². The number of amides is 1. The lowest BCUT2D eigenvalue weighted by Crippen LogP contribution is -2.23. The summed E-state index contributed by atoms with van der Waals surface area (Å²) in [6.07, 6.45) is 6.61. The summed E-state index contributed by atoms with van der Waals surface area (Å²) in [4.78, 5) is 15.5. The highest BCUT2D eigenvalue weighted by atomic mass is 16.1. The molecule has 104 valence electrons. The van der Waals surface area contributed by atoms with Crippen LogP contribution in [-0.2, 0) is 0 Å². The van der Waals surface area contributed by atoms with E-state index in [0.717, 1.165) is 12.5 Å². The molecule has 0 aromatic carbocycles. The number of carbonyl (C=O) groups is 1. The molecule has 0 radical (unpaired) electrons. The average Bonchev–Trinajstić information content (AvgIpc) is 2.37. The van der Waals surface area contributed by atoms with Crippen LogP contribution in [0.3, 0.4) is 0 Å². The van der Waals surface area contributed by atoms with Crippen molar-refractivity contribution in [2.45, 2.75) is 32.6 Å². The van der Waals surface area contributed by atoms with Gasteiger partial charge in [0.1, 0.15) is 5.82 Å². The fraction of sp³-hybridized carbons (Fsp3) is 0.571. The second kappa shape index (κ2) is 5.91. The van der Waals surface area contributed by atoms with E-state index in [1.165, 1.54) is 31.9 Å². The van der Waals surface area contributed by atoms with Gasteiger partial charge in [0.15, 0.2) is 0 Å². The van der Waals surface area contributed by atoms with Gasteiger partial charge in [-0.15, -0.1) is 0 Å². The molecule has 0 spiro atoms. The molecule has 1 aliphatic rings. The quantitative estimate of drug-likeness (QED) is 0.773. The highest BCUT2D eigenvalue weighted by Crippen LogP contribution is 2.28. The Morgan fingerprint density at radius 1 is 1.53 bits per heavy atom. The number of anilines is 2. The van der Waals surface area contributed by atoms with Gasteiger partial charge in [-0.25, -0.2) is 4.98 Å². The molecule has 1 fully saturated rings. The molecule has 5 nitrogen and oxygen atoms in total. The van der Waals surface area contributed by atoms with Crippen molar-refractivity contribution >= 4 is 17.4 Å². The molecule has 2 unspecified atom stereocenters. The van der Waals surface area contributed by atoms with Crippen LogP contribution < -0.4 is 16.8 Å². The zero-order valence-corrected chi connectivity index (χ0v) is 11.4. The van der Waals surface area contributed by atoms with E-state index < -0.39 is 5.91 Å². The first-order valence-corrected chi connectivity index (χ1v) is 6.85. The van der Waals surface area contributed by atoms with Gasteiger partial charge in [-0.1, -0.05) is 19.8 Å². The van der Waals surface area contributed by atoms with E-state index in [0.29, 0.717) is 23.0 Å². The third-order valence-electron chi connectivity index (χ3n) is 3.78. The summed E-state index contributed by atoms with van der Waals surface area (Å²) < 4.78 is 0. The molecule has 2 atom stereocenters. The first-order valence-electron chi connectivity index (χ1n) is 6.85. The van der Waals surface area contributed by atoms with Gasteiger partial charge in [0.25, 0.3) is 5.91 Å². The summed E-state index contributed by atoms with van der Waals surface area (Å²) in [6.45, 7) is 3.13. The first-order chi connectivity index (χ1) is 9.06. The van der Waals surface area contributed by atoms with Crippen molar-refractivity contribution in [3.63, 3.8) is 0 Å². The van der Waals surface area contributed by atoms with Gasteiger partial charge in [-0.2, -0.15) is 0 Å². The van der Waals surface area contributed by atoms with Gasteiger partial charge in [0.2, 0.25) is 0 Å². The summed E-state index contributed by atoms with van der Waals surface area (Å²) in [5.74, 6) is 1.47. The largest absolute Gasteiger partial charge is 0.397 e. The maximum atomic E-state index is 11.4. The number of nitrogens with one attached hydrogen (secondary N) is 1. The fourth-order valence-corrected chi connectivity index (χ4v) is 2.80. The number of primary amides is 1. The zero-order valence-electron chi connectivity index (χ0n) is 11.4. The first kappa shape index (κ1) is 13.6. The van der Waals surface area contributed by atoms with Crippen LogP contribution in [0, 0.1) is 11.8 Å². The second-order valence-corrected chi connectivity index (χ2v) is 5.55. The fourth-order valence-electron chi connectivity index (χ4n) is 2.80. The van der Waals surface area contributed by atoms with Crippen molar-refractivity contribution in [3.05, 3.63) is 17.8 Å². The SMILES string of the molecule is CC1CCCC(CNc2ncc(N)cc2C(N)=O)C1. The van der Waals surface area contributed by atoms with Crippen molar-refractivity contribution < 1.29 is 4.79 Å². The van der Waals surface area contributed by atoms with Gasteiger partial charge in [0, 0.05) is 6.54 Å². The van der Waals surface area contributed by atoms with Crippen LogP contribution in [0.1, 0.15) is 43.0 Å². The minimum absolute atomic E-state index is 0.365. The number of nitrogens with two attached hydrogens (primary N) is 2. The molecule has 2 rings (SSSR count). The van der Waals surface area contributed by atoms with Crippen LogP contribution in [0.2, 0.25) is 0 Å². The predicted octanol–water partition coefficient (Wildman–Crippen LogP) is 2.00. The Hall–Kier alpha value is -1.78. The Morgan fingerprint density at radius 2 is 2.32 bits per heavy atom. The summed E-state index contributed by atoms with van der Waals surface area (Å²) in [7, 11) is 0. The van der Waals surface area contributed by atoms with Crippen LogP contribution in [0.25, 0.3) is 0 Å². The Labute approximate surface area is 113 Å². The van der Waals surface area contributed by atoms with Gasteiger partial charge in [0.05, 0.1) is 17.4 Å². The molecule has 1 aromatic rings. The Bertz CT molecular complexity index is 461. The lowest BCUT2D eigenvalue weighted by Gasteiger charge is -2.27. The number of pyridine rings is 1. The predicted molar refractivity (Wildman–Crippen MR) is 76.8 cm³/mol. The van der Waals surface area contributed by atoms with Gasteiger partial charge in [-0.3, -0.25) is 4.79 Å². The summed E-state index contributed by atoms with van der Waals surface area (Å²) in [5.41, 5.74) is 11.8. The van der Waals surface area contributed by atoms with Crippen LogP contribution in [0.4, 0.5) is 11.5 Å². The van der Waals surface area contributed by atoms with E-state index in [1.54, 1.807) is 6.07 Å². The van der Waals surface area contributed by atoms with Gasteiger partial charge >= 0.3 is 0 Å².